The van der Waals surface area contributed by atoms with Crippen LogP contribution in [0.4, 0.5) is 4.39 Å². The third kappa shape index (κ3) is 3.96. The number of halogens is 1. The van der Waals surface area contributed by atoms with Gasteiger partial charge in [-0.2, -0.15) is 0 Å². The van der Waals surface area contributed by atoms with Crippen LogP contribution in [-0.2, 0) is 16.1 Å². The molecule has 0 saturated carbocycles. The van der Waals surface area contributed by atoms with Gasteiger partial charge in [0.05, 0.1) is 11.8 Å². The van der Waals surface area contributed by atoms with Crippen LogP contribution in [0.1, 0.15) is 24.8 Å². The minimum Gasteiger partial charge on any atom is -0.481 e. The maximum atomic E-state index is 12.9. The molecule has 1 amide bonds. The topological polar surface area (TPSA) is 57.6 Å². The van der Waals surface area contributed by atoms with Gasteiger partial charge in [-0.05, 0) is 24.1 Å². The molecule has 0 aromatic heterocycles. The molecule has 0 bridgehead atoms. The Morgan fingerprint density at radius 1 is 1.40 bits per heavy atom. The Hall–Kier alpha value is -1.56. The highest BCUT2D eigenvalue weighted by Gasteiger charge is 2.31. The van der Waals surface area contributed by atoms with Gasteiger partial charge in [-0.1, -0.05) is 12.1 Å². The number of likely N-dealkylation sites (tertiary alicyclic amines) is 1. The monoisotopic (exact) mass is 297 g/mol. The first-order valence-corrected chi connectivity index (χ1v) is 7.48. The zero-order chi connectivity index (χ0) is 14.5. The fourth-order valence-corrected chi connectivity index (χ4v) is 3.36. The number of benzene rings is 1. The number of hydrogen-bond donors (Lipinski definition) is 1. The molecule has 1 saturated heterocycles. The van der Waals surface area contributed by atoms with Crippen LogP contribution in [0.3, 0.4) is 0 Å². The van der Waals surface area contributed by atoms with Crippen molar-refractivity contribution in [1.82, 2.24) is 4.90 Å². The summed E-state index contributed by atoms with van der Waals surface area (Å²) in [5.74, 6) is -0.560. The van der Waals surface area contributed by atoms with E-state index in [-0.39, 0.29) is 23.5 Å². The summed E-state index contributed by atoms with van der Waals surface area (Å²) in [7, 11) is 0. The van der Waals surface area contributed by atoms with Crippen molar-refractivity contribution in [2.24, 2.45) is 0 Å². The van der Waals surface area contributed by atoms with E-state index in [0.29, 0.717) is 18.7 Å². The van der Waals surface area contributed by atoms with Crippen LogP contribution in [0.5, 0.6) is 0 Å². The molecule has 1 unspecified atom stereocenters. The van der Waals surface area contributed by atoms with E-state index in [1.54, 1.807) is 17.0 Å². The Labute approximate surface area is 121 Å². The smallest absolute Gasteiger partial charge is 0.304 e. The summed E-state index contributed by atoms with van der Waals surface area (Å²) in [6.07, 6.45) is 1.33. The zero-order valence-electron chi connectivity index (χ0n) is 10.9. The second kappa shape index (κ2) is 6.74. The minimum absolute atomic E-state index is 0.0203. The molecule has 1 aliphatic heterocycles. The lowest BCUT2D eigenvalue weighted by molar-refractivity contribution is -0.136. The molecular formula is C14H16FNO3S. The van der Waals surface area contributed by atoms with E-state index in [9.17, 15) is 14.0 Å². The average Bonchev–Trinajstić information content (AvgIpc) is 2.74. The number of nitrogens with zero attached hydrogens (tertiary/aromatic N) is 1. The van der Waals surface area contributed by atoms with Crippen molar-refractivity contribution in [2.75, 3.05) is 5.75 Å². The van der Waals surface area contributed by atoms with E-state index in [1.807, 2.05) is 0 Å². The van der Waals surface area contributed by atoms with Crippen LogP contribution in [-0.4, -0.2) is 33.0 Å². The Balaban J connectivity index is 1.94. The van der Waals surface area contributed by atoms with E-state index < -0.39 is 5.97 Å². The maximum absolute atomic E-state index is 12.9. The van der Waals surface area contributed by atoms with Gasteiger partial charge in [-0.25, -0.2) is 4.39 Å². The van der Waals surface area contributed by atoms with E-state index in [0.717, 1.165) is 12.0 Å². The molecule has 108 valence electrons. The van der Waals surface area contributed by atoms with Crippen molar-refractivity contribution in [3.63, 3.8) is 0 Å². The number of carboxylic acids is 1. The Bertz CT molecular complexity index is 492. The highest BCUT2D eigenvalue weighted by atomic mass is 32.2. The number of rotatable bonds is 6. The SMILES string of the molecule is O=C(O)CCSC1CCC(=O)N1Cc1ccc(F)cc1. The first-order chi connectivity index (χ1) is 9.56. The van der Waals surface area contributed by atoms with Gasteiger partial charge in [-0.15, -0.1) is 11.8 Å². The normalized spacial score (nSPS) is 18.6. The van der Waals surface area contributed by atoms with Crippen molar-refractivity contribution in [1.29, 1.82) is 0 Å². The van der Waals surface area contributed by atoms with E-state index in [4.69, 9.17) is 5.11 Å². The number of hydrogen-bond acceptors (Lipinski definition) is 3. The van der Waals surface area contributed by atoms with E-state index >= 15 is 0 Å². The molecule has 1 aromatic carbocycles. The van der Waals surface area contributed by atoms with Gasteiger partial charge in [0.2, 0.25) is 5.91 Å². The van der Waals surface area contributed by atoms with Crippen LogP contribution < -0.4 is 0 Å². The second-order valence-electron chi connectivity index (χ2n) is 4.66. The molecule has 0 aliphatic carbocycles. The molecule has 20 heavy (non-hydrogen) atoms. The number of aliphatic carboxylic acids is 1. The number of carboxylic acid groups (broad SMARTS) is 1. The first-order valence-electron chi connectivity index (χ1n) is 6.43. The molecule has 1 atom stereocenters. The second-order valence-corrected chi connectivity index (χ2v) is 5.94. The standard InChI is InChI=1S/C14H16FNO3S/c15-11-3-1-10(2-4-11)9-16-12(17)5-6-13(16)20-8-7-14(18)19/h1-4,13H,5-9H2,(H,18,19). The quantitative estimate of drug-likeness (QED) is 0.876. The molecule has 0 spiro atoms. The van der Waals surface area contributed by atoms with Crippen molar-refractivity contribution in [2.45, 2.75) is 31.2 Å². The van der Waals surface area contributed by atoms with Crippen LogP contribution in [0.25, 0.3) is 0 Å². The first kappa shape index (κ1) is 14.8. The van der Waals surface area contributed by atoms with Gasteiger partial charge in [0, 0.05) is 18.7 Å². The fraction of sp³-hybridized carbons (Fsp3) is 0.429. The van der Waals surface area contributed by atoms with Crippen molar-refractivity contribution >= 4 is 23.6 Å². The third-order valence-electron chi connectivity index (χ3n) is 3.17. The fourth-order valence-electron chi connectivity index (χ4n) is 2.14. The summed E-state index contributed by atoms with van der Waals surface area (Å²) in [4.78, 5) is 24.1. The number of carbonyl (C=O) groups is 2. The van der Waals surface area contributed by atoms with Crippen LogP contribution in [0, 0.1) is 5.82 Å². The molecule has 1 aromatic rings. The predicted octanol–water partition coefficient (Wildman–Crippen LogP) is 2.48. The zero-order valence-corrected chi connectivity index (χ0v) is 11.7. The van der Waals surface area contributed by atoms with Crippen LogP contribution >= 0.6 is 11.8 Å². The summed E-state index contributed by atoms with van der Waals surface area (Å²) in [5.41, 5.74) is 0.880. The van der Waals surface area contributed by atoms with E-state index in [2.05, 4.69) is 0 Å². The lowest BCUT2D eigenvalue weighted by Crippen LogP contribution is -2.30. The lowest BCUT2D eigenvalue weighted by atomic mass is 10.2. The highest BCUT2D eigenvalue weighted by molar-refractivity contribution is 7.99. The Morgan fingerprint density at radius 2 is 2.10 bits per heavy atom. The molecule has 4 nitrogen and oxygen atoms in total. The van der Waals surface area contributed by atoms with Gasteiger partial charge >= 0.3 is 5.97 Å². The predicted molar refractivity (Wildman–Crippen MR) is 74.7 cm³/mol. The summed E-state index contributed by atoms with van der Waals surface area (Å²) in [6, 6.07) is 6.09. The molecule has 1 fully saturated rings. The summed E-state index contributed by atoms with van der Waals surface area (Å²) < 4.78 is 12.9. The van der Waals surface area contributed by atoms with Gasteiger partial charge < -0.3 is 10.0 Å². The van der Waals surface area contributed by atoms with E-state index in [1.165, 1.54) is 23.9 Å². The minimum atomic E-state index is -0.827. The van der Waals surface area contributed by atoms with Gasteiger partial charge in [0.1, 0.15) is 5.82 Å². The van der Waals surface area contributed by atoms with Crippen molar-refractivity contribution in [3.05, 3.63) is 35.6 Å². The number of thioether (sulfide) groups is 1. The lowest BCUT2D eigenvalue weighted by Gasteiger charge is -2.24. The molecular weight excluding hydrogens is 281 g/mol. The molecule has 6 heteroatoms. The van der Waals surface area contributed by atoms with Crippen molar-refractivity contribution in [3.8, 4) is 0 Å². The number of amides is 1. The largest absolute Gasteiger partial charge is 0.481 e. The third-order valence-corrected chi connectivity index (χ3v) is 4.48. The van der Waals surface area contributed by atoms with Gasteiger partial charge in [0.25, 0.3) is 0 Å². The van der Waals surface area contributed by atoms with Crippen LogP contribution in [0.15, 0.2) is 24.3 Å². The average molecular weight is 297 g/mol. The maximum Gasteiger partial charge on any atom is 0.304 e. The Kier molecular flexibility index (Phi) is 5.00. The van der Waals surface area contributed by atoms with Gasteiger partial charge in [0.15, 0.2) is 0 Å². The van der Waals surface area contributed by atoms with Crippen molar-refractivity contribution < 1.29 is 19.1 Å². The van der Waals surface area contributed by atoms with Gasteiger partial charge in [-0.3, -0.25) is 9.59 Å². The summed E-state index contributed by atoms with van der Waals surface area (Å²) in [5, 5.41) is 8.66. The Morgan fingerprint density at radius 3 is 2.75 bits per heavy atom. The molecule has 0 radical (unpaired) electrons. The molecule has 1 aliphatic rings. The summed E-state index contributed by atoms with van der Waals surface area (Å²) >= 11 is 1.50. The molecule has 1 heterocycles. The summed E-state index contributed by atoms with van der Waals surface area (Å²) in [6.45, 7) is 0.448. The highest BCUT2D eigenvalue weighted by Crippen LogP contribution is 2.30. The molecule has 1 N–H and O–H groups in total. The number of carbonyl (C=O) groups excluding carboxylic acids is 1. The van der Waals surface area contributed by atoms with Crippen LogP contribution in [0.2, 0.25) is 0 Å². The molecule has 2 rings (SSSR count).